The number of nitrogens with zero attached hydrogens (tertiary/aromatic N) is 1. The van der Waals surface area contributed by atoms with Gasteiger partial charge in [-0.2, -0.15) is 0 Å². The lowest BCUT2D eigenvalue weighted by Gasteiger charge is -2.16. The first kappa shape index (κ1) is 23.3. The molecule has 0 unspecified atom stereocenters. The zero-order valence-electron chi connectivity index (χ0n) is 18.4. The van der Waals surface area contributed by atoms with Crippen LogP contribution < -0.4 is 16.0 Å². The van der Waals surface area contributed by atoms with E-state index in [0.29, 0.717) is 35.7 Å². The number of ether oxygens (including phenoxy) is 1. The van der Waals surface area contributed by atoms with Gasteiger partial charge in [0.15, 0.2) is 0 Å². The van der Waals surface area contributed by atoms with Crippen LogP contribution in [0.25, 0.3) is 0 Å². The van der Waals surface area contributed by atoms with Crippen LogP contribution >= 0.6 is 0 Å². The highest BCUT2D eigenvalue weighted by atomic mass is 16.5. The first-order valence-electron chi connectivity index (χ1n) is 10.9. The van der Waals surface area contributed by atoms with Crippen LogP contribution in [0.5, 0.6) is 0 Å². The number of hydrogen-bond donors (Lipinski definition) is 3. The molecule has 0 spiro atoms. The summed E-state index contributed by atoms with van der Waals surface area (Å²) >= 11 is 0. The van der Waals surface area contributed by atoms with Gasteiger partial charge in [-0.1, -0.05) is 6.07 Å². The minimum absolute atomic E-state index is 0.0263. The van der Waals surface area contributed by atoms with Crippen LogP contribution in [0.4, 0.5) is 11.4 Å². The Hall–Kier alpha value is -3.39. The van der Waals surface area contributed by atoms with Crippen molar-refractivity contribution in [2.45, 2.75) is 19.3 Å². The third-order valence-electron chi connectivity index (χ3n) is 5.20. The Morgan fingerprint density at radius 3 is 2.44 bits per heavy atom. The van der Waals surface area contributed by atoms with Crippen molar-refractivity contribution in [3.05, 3.63) is 59.7 Å². The number of benzene rings is 2. The topological polar surface area (TPSA) is 99.8 Å². The average molecular weight is 439 g/mol. The van der Waals surface area contributed by atoms with Crippen LogP contribution in [0.15, 0.2) is 48.5 Å². The molecule has 3 rings (SSSR count). The number of methoxy groups -OCH3 is 1. The van der Waals surface area contributed by atoms with Crippen molar-refractivity contribution in [1.82, 2.24) is 10.2 Å². The SMILES string of the molecule is COCCCNC(=O)c1ccc(NC(=O)CNc2cccc(C(=O)N3CCCC3)c2)cc1. The number of anilines is 2. The summed E-state index contributed by atoms with van der Waals surface area (Å²) in [5.74, 6) is -0.361. The van der Waals surface area contributed by atoms with Crippen LogP contribution in [0.3, 0.4) is 0 Å². The molecule has 1 aliphatic heterocycles. The molecule has 2 aromatic carbocycles. The Balaban J connectivity index is 1.46. The number of rotatable bonds is 10. The predicted octanol–water partition coefficient (Wildman–Crippen LogP) is 2.74. The molecule has 3 N–H and O–H groups in total. The van der Waals surface area contributed by atoms with E-state index in [0.717, 1.165) is 32.4 Å². The summed E-state index contributed by atoms with van der Waals surface area (Å²) in [6.45, 7) is 2.80. The van der Waals surface area contributed by atoms with Gasteiger partial charge < -0.3 is 25.6 Å². The fourth-order valence-electron chi connectivity index (χ4n) is 3.48. The van der Waals surface area contributed by atoms with Crippen LogP contribution in [0.1, 0.15) is 40.0 Å². The quantitative estimate of drug-likeness (QED) is 0.496. The second-order valence-corrected chi connectivity index (χ2v) is 7.66. The van der Waals surface area contributed by atoms with Gasteiger partial charge in [-0.3, -0.25) is 14.4 Å². The second-order valence-electron chi connectivity index (χ2n) is 7.66. The average Bonchev–Trinajstić information content (AvgIpc) is 3.35. The number of likely N-dealkylation sites (tertiary alicyclic amines) is 1. The highest BCUT2D eigenvalue weighted by Crippen LogP contribution is 2.16. The molecule has 0 aliphatic carbocycles. The molecule has 1 heterocycles. The second kappa shape index (κ2) is 11.9. The molecule has 0 bridgehead atoms. The highest BCUT2D eigenvalue weighted by molar-refractivity contribution is 5.97. The Kier molecular flexibility index (Phi) is 8.62. The van der Waals surface area contributed by atoms with E-state index in [1.807, 2.05) is 17.0 Å². The maximum Gasteiger partial charge on any atom is 0.253 e. The Morgan fingerprint density at radius 1 is 0.969 bits per heavy atom. The van der Waals surface area contributed by atoms with Crippen molar-refractivity contribution < 1.29 is 19.1 Å². The van der Waals surface area contributed by atoms with Crippen molar-refractivity contribution in [1.29, 1.82) is 0 Å². The molecule has 1 aliphatic rings. The fraction of sp³-hybridized carbons (Fsp3) is 0.375. The largest absolute Gasteiger partial charge is 0.385 e. The van der Waals surface area contributed by atoms with Crippen molar-refractivity contribution in [3.63, 3.8) is 0 Å². The predicted molar refractivity (Wildman–Crippen MR) is 124 cm³/mol. The molecule has 0 saturated carbocycles. The highest BCUT2D eigenvalue weighted by Gasteiger charge is 2.19. The van der Waals surface area contributed by atoms with Gasteiger partial charge in [-0.15, -0.1) is 0 Å². The van der Waals surface area contributed by atoms with Gasteiger partial charge in [0.1, 0.15) is 0 Å². The van der Waals surface area contributed by atoms with Gasteiger partial charge in [0.25, 0.3) is 11.8 Å². The monoisotopic (exact) mass is 438 g/mol. The van der Waals surface area contributed by atoms with E-state index in [1.165, 1.54) is 0 Å². The minimum atomic E-state index is -0.224. The van der Waals surface area contributed by atoms with Crippen molar-refractivity contribution in [3.8, 4) is 0 Å². The molecule has 8 nitrogen and oxygen atoms in total. The molecule has 170 valence electrons. The van der Waals surface area contributed by atoms with E-state index in [9.17, 15) is 14.4 Å². The molecule has 1 fully saturated rings. The van der Waals surface area contributed by atoms with E-state index in [1.54, 1.807) is 43.5 Å². The van der Waals surface area contributed by atoms with E-state index >= 15 is 0 Å². The zero-order valence-corrected chi connectivity index (χ0v) is 18.4. The Bertz CT molecular complexity index is 924. The van der Waals surface area contributed by atoms with Gasteiger partial charge in [0, 0.05) is 55.9 Å². The smallest absolute Gasteiger partial charge is 0.253 e. The molecule has 3 amide bonds. The van der Waals surface area contributed by atoms with E-state index in [2.05, 4.69) is 16.0 Å². The van der Waals surface area contributed by atoms with E-state index < -0.39 is 0 Å². The lowest BCUT2D eigenvalue weighted by Crippen LogP contribution is -2.27. The van der Waals surface area contributed by atoms with Crippen molar-refractivity contribution in [2.75, 3.05) is 50.5 Å². The fourth-order valence-corrected chi connectivity index (χ4v) is 3.48. The number of hydrogen-bond acceptors (Lipinski definition) is 5. The zero-order chi connectivity index (χ0) is 22.8. The van der Waals surface area contributed by atoms with Gasteiger partial charge in [0.2, 0.25) is 5.91 Å². The molecule has 0 atom stereocenters. The summed E-state index contributed by atoms with van der Waals surface area (Å²) in [5, 5.41) is 8.67. The first-order valence-corrected chi connectivity index (χ1v) is 10.9. The lowest BCUT2D eigenvalue weighted by molar-refractivity contribution is -0.114. The van der Waals surface area contributed by atoms with Crippen LogP contribution in [0, 0.1) is 0 Å². The summed E-state index contributed by atoms with van der Waals surface area (Å²) in [7, 11) is 1.62. The number of amides is 3. The molecular weight excluding hydrogens is 408 g/mol. The van der Waals surface area contributed by atoms with Crippen molar-refractivity contribution in [2.24, 2.45) is 0 Å². The Morgan fingerprint density at radius 2 is 1.72 bits per heavy atom. The van der Waals surface area contributed by atoms with Crippen LogP contribution in [-0.4, -0.2) is 62.5 Å². The molecule has 2 aromatic rings. The maximum absolute atomic E-state index is 12.5. The molecular formula is C24H30N4O4. The third-order valence-corrected chi connectivity index (χ3v) is 5.20. The first-order chi connectivity index (χ1) is 15.6. The lowest BCUT2D eigenvalue weighted by atomic mass is 10.1. The molecule has 0 aromatic heterocycles. The Labute approximate surface area is 188 Å². The van der Waals surface area contributed by atoms with Gasteiger partial charge >= 0.3 is 0 Å². The summed E-state index contributed by atoms with van der Waals surface area (Å²) in [5.41, 5.74) is 2.46. The molecule has 32 heavy (non-hydrogen) atoms. The van der Waals surface area contributed by atoms with E-state index in [4.69, 9.17) is 4.74 Å². The maximum atomic E-state index is 12.5. The van der Waals surface area contributed by atoms with Crippen LogP contribution in [0.2, 0.25) is 0 Å². The minimum Gasteiger partial charge on any atom is -0.385 e. The van der Waals surface area contributed by atoms with E-state index in [-0.39, 0.29) is 24.3 Å². The summed E-state index contributed by atoms with van der Waals surface area (Å²) in [4.78, 5) is 38.8. The van der Waals surface area contributed by atoms with Crippen molar-refractivity contribution >= 4 is 29.1 Å². The standard InChI is InChI=1S/C24H30N4O4/c1-32-15-5-12-25-23(30)18-8-10-20(11-9-18)27-22(29)17-26-21-7-4-6-19(16-21)24(31)28-13-2-3-14-28/h4,6-11,16,26H,2-3,5,12-15,17H2,1H3,(H,25,30)(H,27,29). The molecule has 0 radical (unpaired) electrons. The van der Waals surface area contributed by atoms with Gasteiger partial charge in [-0.05, 0) is 61.7 Å². The van der Waals surface area contributed by atoms with Crippen LogP contribution in [-0.2, 0) is 9.53 Å². The third kappa shape index (κ3) is 6.81. The van der Waals surface area contributed by atoms with Gasteiger partial charge in [0.05, 0.1) is 6.54 Å². The molecule has 8 heteroatoms. The van der Waals surface area contributed by atoms with Gasteiger partial charge in [-0.25, -0.2) is 0 Å². The molecule has 1 saturated heterocycles. The summed E-state index contributed by atoms with van der Waals surface area (Å²) < 4.78 is 4.95. The number of carbonyl (C=O) groups excluding carboxylic acids is 3. The summed E-state index contributed by atoms with van der Waals surface area (Å²) in [6.07, 6.45) is 2.84. The normalized spacial score (nSPS) is 13.0. The summed E-state index contributed by atoms with van der Waals surface area (Å²) in [6, 6.07) is 13.9. The number of nitrogens with one attached hydrogen (secondary N) is 3. The number of carbonyl (C=O) groups is 3.